The van der Waals surface area contributed by atoms with E-state index in [0.29, 0.717) is 0 Å². The van der Waals surface area contributed by atoms with Crippen molar-refractivity contribution in [3.63, 3.8) is 0 Å². The maximum absolute atomic E-state index is 10.0. The van der Waals surface area contributed by atoms with Crippen LogP contribution in [-0.4, -0.2) is 11.7 Å². The molecule has 2 aromatic carbocycles. The Labute approximate surface area is 114 Å². The molecule has 0 radical (unpaired) electrons. The molecule has 0 saturated heterocycles. The van der Waals surface area contributed by atoms with E-state index in [1.54, 1.807) is 0 Å². The van der Waals surface area contributed by atoms with Gasteiger partial charge in [-0.15, -0.1) is 0 Å². The molecular formula is C18H20O. The minimum atomic E-state index is -0.0871. The van der Waals surface area contributed by atoms with E-state index in [1.165, 1.54) is 23.1 Å². The lowest BCUT2D eigenvalue weighted by molar-refractivity contribution is 0.173. The van der Waals surface area contributed by atoms with E-state index < -0.39 is 0 Å². The van der Waals surface area contributed by atoms with E-state index >= 15 is 0 Å². The van der Waals surface area contributed by atoms with Crippen molar-refractivity contribution in [3.8, 4) is 0 Å². The molecule has 0 aromatic heterocycles. The smallest absolute Gasteiger partial charge is 0.0531 e. The summed E-state index contributed by atoms with van der Waals surface area (Å²) < 4.78 is 0. The summed E-state index contributed by atoms with van der Waals surface area (Å²) in [7, 11) is 0. The van der Waals surface area contributed by atoms with Crippen LogP contribution in [0.2, 0.25) is 0 Å². The first-order valence-corrected chi connectivity index (χ1v) is 7.07. The molecule has 1 nitrogen and oxygen atoms in total. The molecule has 2 aromatic rings. The van der Waals surface area contributed by atoms with Crippen molar-refractivity contribution in [1.29, 1.82) is 0 Å². The van der Waals surface area contributed by atoms with Gasteiger partial charge < -0.3 is 5.11 Å². The fraction of sp³-hybridized carbons (Fsp3) is 0.333. The van der Waals surface area contributed by atoms with E-state index in [0.717, 1.165) is 19.3 Å². The largest absolute Gasteiger partial charge is 0.395 e. The highest BCUT2D eigenvalue weighted by Gasteiger charge is 2.35. The Morgan fingerprint density at radius 2 is 1.68 bits per heavy atom. The van der Waals surface area contributed by atoms with Crippen LogP contribution in [0.1, 0.15) is 29.5 Å². The first-order valence-electron chi connectivity index (χ1n) is 7.07. The van der Waals surface area contributed by atoms with Gasteiger partial charge in [-0.1, -0.05) is 54.6 Å². The SMILES string of the molecule is OCC1(Cc2ccccc2)CCCc2ccccc21. The number of benzene rings is 2. The van der Waals surface area contributed by atoms with E-state index in [2.05, 4.69) is 48.5 Å². The monoisotopic (exact) mass is 252 g/mol. The third-order valence-electron chi connectivity index (χ3n) is 4.38. The number of hydrogen-bond donors (Lipinski definition) is 1. The number of fused-ring (bicyclic) bond motifs is 1. The van der Waals surface area contributed by atoms with Crippen molar-refractivity contribution in [3.05, 3.63) is 71.3 Å². The van der Waals surface area contributed by atoms with Gasteiger partial charge in [0.25, 0.3) is 0 Å². The van der Waals surface area contributed by atoms with Crippen molar-refractivity contribution in [2.75, 3.05) is 6.61 Å². The third-order valence-corrected chi connectivity index (χ3v) is 4.38. The Balaban J connectivity index is 2.00. The Morgan fingerprint density at radius 1 is 0.947 bits per heavy atom. The molecule has 98 valence electrons. The second-order valence-corrected chi connectivity index (χ2v) is 5.61. The molecule has 19 heavy (non-hydrogen) atoms. The summed E-state index contributed by atoms with van der Waals surface area (Å²) in [5.41, 5.74) is 4.00. The van der Waals surface area contributed by atoms with Crippen LogP contribution >= 0.6 is 0 Å². The lowest BCUT2D eigenvalue weighted by atomic mass is 9.67. The summed E-state index contributed by atoms with van der Waals surface area (Å²) in [6.45, 7) is 0.235. The first-order chi connectivity index (χ1) is 9.34. The Kier molecular flexibility index (Phi) is 3.39. The standard InChI is InChI=1S/C18H20O/c19-14-18(13-15-7-2-1-3-8-15)12-6-10-16-9-4-5-11-17(16)18/h1-5,7-9,11,19H,6,10,12-14H2. The molecule has 0 bridgehead atoms. The van der Waals surface area contributed by atoms with Crippen molar-refractivity contribution >= 4 is 0 Å². The van der Waals surface area contributed by atoms with Crippen LogP contribution in [-0.2, 0) is 18.3 Å². The summed E-state index contributed by atoms with van der Waals surface area (Å²) in [4.78, 5) is 0. The van der Waals surface area contributed by atoms with E-state index in [4.69, 9.17) is 0 Å². The number of aryl methyl sites for hydroxylation is 1. The molecule has 1 unspecified atom stereocenters. The zero-order valence-electron chi connectivity index (χ0n) is 11.2. The average molecular weight is 252 g/mol. The zero-order valence-corrected chi connectivity index (χ0v) is 11.2. The lowest BCUT2D eigenvalue weighted by Gasteiger charge is -2.38. The molecular weight excluding hydrogens is 232 g/mol. The predicted molar refractivity (Wildman–Crippen MR) is 78.3 cm³/mol. The molecule has 1 heteroatoms. The predicted octanol–water partition coefficient (Wildman–Crippen LogP) is 3.50. The summed E-state index contributed by atoms with van der Waals surface area (Å²) >= 11 is 0. The number of aliphatic hydroxyl groups excluding tert-OH is 1. The molecule has 0 amide bonds. The number of rotatable bonds is 3. The van der Waals surface area contributed by atoms with Gasteiger partial charge in [-0.2, -0.15) is 0 Å². The Hall–Kier alpha value is -1.60. The molecule has 1 aliphatic rings. The van der Waals surface area contributed by atoms with Crippen LogP contribution < -0.4 is 0 Å². The van der Waals surface area contributed by atoms with Gasteiger partial charge in [0.1, 0.15) is 0 Å². The second kappa shape index (κ2) is 5.18. The third kappa shape index (κ3) is 2.31. The molecule has 1 atom stereocenters. The van der Waals surface area contributed by atoms with Gasteiger partial charge >= 0.3 is 0 Å². The van der Waals surface area contributed by atoms with Crippen LogP contribution in [0.4, 0.5) is 0 Å². The van der Waals surface area contributed by atoms with Gasteiger partial charge in [-0.25, -0.2) is 0 Å². The second-order valence-electron chi connectivity index (χ2n) is 5.61. The van der Waals surface area contributed by atoms with Crippen LogP contribution in [0.5, 0.6) is 0 Å². The number of aliphatic hydroxyl groups is 1. The zero-order chi connectivity index (χ0) is 13.1. The summed E-state index contributed by atoms with van der Waals surface area (Å²) in [5, 5.41) is 10.0. The normalized spacial score (nSPS) is 21.9. The van der Waals surface area contributed by atoms with Gasteiger partial charge in [0.05, 0.1) is 6.61 Å². The lowest BCUT2D eigenvalue weighted by Crippen LogP contribution is -2.37. The summed E-state index contributed by atoms with van der Waals surface area (Å²) in [5.74, 6) is 0. The fourth-order valence-electron chi connectivity index (χ4n) is 3.40. The van der Waals surface area contributed by atoms with Crippen LogP contribution in [0.3, 0.4) is 0 Å². The first kappa shape index (κ1) is 12.4. The van der Waals surface area contributed by atoms with Crippen LogP contribution in [0.15, 0.2) is 54.6 Å². The molecule has 0 spiro atoms. The van der Waals surface area contributed by atoms with Crippen molar-refractivity contribution in [2.45, 2.75) is 31.1 Å². The van der Waals surface area contributed by atoms with Gasteiger partial charge in [0.15, 0.2) is 0 Å². The maximum atomic E-state index is 10.0. The summed E-state index contributed by atoms with van der Waals surface area (Å²) in [6, 6.07) is 19.1. The van der Waals surface area contributed by atoms with Gasteiger partial charge in [-0.3, -0.25) is 0 Å². The quantitative estimate of drug-likeness (QED) is 0.886. The van der Waals surface area contributed by atoms with Gasteiger partial charge in [-0.05, 0) is 42.4 Å². The highest BCUT2D eigenvalue weighted by Crippen LogP contribution is 2.39. The van der Waals surface area contributed by atoms with Crippen LogP contribution in [0.25, 0.3) is 0 Å². The topological polar surface area (TPSA) is 20.2 Å². The molecule has 0 heterocycles. The maximum Gasteiger partial charge on any atom is 0.0531 e. The number of hydrogen-bond acceptors (Lipinski definition) is 1. The molecule has 0 fully saturated rings. The van der Waals surface area contributed by atoms with Crippen molar-refractivity contribution < 1.29 is 5.11 Å². The summed E-state index contributed by atoms with van der Waals surface area (Å²) in [6.07, 6.45) is 4.33. The average Bonchev–Trinajstić information content (AvgIpc) is 2.49. The molecule has 1 aliphatic carbocycles. The van der Waals surface area contributed by atoms with Crippen LogP contribution in [0, 0.1) is 0 Å². The van der Waals surface area contributed by atoms with E-state index in [1.807, 2.05) is 6.07 Å². The van der Waals surface area contributed by atoms with Crippen molar-refractivity contribution in [1.82, 2.24) is 0 Å². The molecule has 0 aliphatic heterocycles. The Morgan fingerprint density at radius 3 is 2.47 bits per heavy atom. The highest BCUT2D eigenvalue weighted by atomic mass is 16.3. The highest BCUT2D eigenvalue weighted by molar-refractivity contribution is 5.38. The van der Waals surface area contributed by atoms with Crippen molar-refractivity contribution in [2.24, 2.45) is 0 Å². The minimum absolute atomic E-state index is 0.0871. The van der Waals surface area contributed by atoms with Gasteiger partial charge in [0.2, 0.25) is 0 Å². The fourth-order valence-corrected chi connectivity index (χ4v) is 3.40. The van der Waals surface area contributed by atoms with E-state index in [-0.39, 0.29) is 12.0 Å². The molecule has 3 rings (SSSR count). The van der Waals surface area contributed by atoms with E-state index in [9.17, 15) is 5.11 Å². The molecule has 1 N–H and O–H groups in total. The minimum Gasteiger partial charge on any atom is -0.395 e. The van der Waals surface area contributed by atoms with Gasteiger partial charge in [0, 0.05) is 5.41 Å². The Bertz CT molecular complexity index is 547. The molecule has 0 saturated carbocycles.